The third-order valence-corrected chi connectivity index (χ3v) is 3.96. The number of nitrogens with zero attached hydrogens (tertiary/aromatic N) is 3. The first-order chi connectivity index (χ1) is 11.0. The van der Waals surface area contributed by atoms with E-state index < -0.39 is 6.04 Å². The van der Waals surface area contributed by atoms with E-state index in [1.807, 2.05) is 4.90 Å². The first kappa shape index (κ1) is 15.5. The molecule has 1 unspecified atom stereocenters. The lowest BCUT2D eigenvalue weighted by Crippen LogP contribution is -2.40. The molecule has 1 fully saturated rings. The number of benzene rings is 1. The molecule has 0 radical (unpaired) electrons. The zero-order valence-corrected chi connectivity index (χ0v) is 13.1. The van der Waals surface area contributed by atoms with Crippen LogP contribution in [0, 0.1) is 11.7 Å². The van der Waals surface area contributed by atoms with Gasteiger partial charge in [-0.05, 0) is 43.5 Å². The van der Waals surface area contributed by atoms with Crippen molar-refractivity contribution in [2.45, 2.75) is 26.3 Å². The van der Waals surface area contributed by atoms with E-state index in [0.717, 1.165) is 19.5 Å². The molecule has 2 atom stereocenters. The van der Waals surface area contributed by atoms with E-state index in [4.69, 9.17) is 4.42 Å². The maximum absolute atomic E-state index is 12.9. The van der Waals surface area contributed by atoms with Crippen LogP contribution < -0.4 is 5.32 Å². The Labute approximate surface area is 133 Å². The van der Waals surface area contributed by atoms with E-state index in [-0.39, 0.29) is 23.6 Å². The highest BCUT2D eigenvalue weighted by Crippen LogP contribution is 2.21. The van der Waals surface area contributed by atoms with Gasteiger partial charge in [-0.15, -0.1) is 5.10 Å². The van der Waals surface area contributed by atoms with Crippen LogP contribution >= 0.6 is 0 Å². The summed E-state index contributed by atoms with van der Waals surface area (Å²) in [5.41, 5.74) is 0.624. The van der Waals surface area contributed by atoms with Crippen molar-refractivity contribution in [3.63, 3.8) is 0 Å². The molecule has 0 saturated carbocycles. The molecule has 0 spiro atoms. The van der Waals surface area contributed by atoms with E-state index in [1.54, 1.807) is 19.1 Å². The Morgan fingerprint density at radius 1 is 1.39 bits per heavy atom. The molecular formula is C16H19FN4O2. The molecule has 6 nitrogen and oxygen atoms in total. The lowest BCUT2D eigenvalue weighted by Gasteiger charge is -2.20. The van der Waals surface area contributed by atoms with Gasteiger partial charge in [-0.1, -0.05) is 12.0 Å². The molecule has 2 aromatic rings. The Kier molecular flexibility index (Phi) is 4.27. The average molecular weight is 318 g/mol. The Hall–Kier alpha value is -2.44. The number of aromatic nitrogens is 2. The Bertz CT molecular complexity index is 686. The molecule has 1 aromatic carbocycles. The fourth-order valence-electron chi connectivity index (χ4n) is 2.65. The number of anilines is 1. The second-order valence-electron chi connectivity index (χ2n) is 5.96. The van der Waals surface area contributed by atoms with Crippen molar-refractivity contribution in [3.05, 3.63) is 30.1 Å². The van der Waals surface area contributed by atoms with E-state index in [9.17, 15) is 9.18 Å². The summed E-state index contributed by atoms with van der Waals surface area (Å²) in [5, 5.41) is 10.7. The SMILES string of the molecule is CC1CCN(C(=O)[C@@H](C)Nc2nnc(-c3ccc(F)cc3)o2)C1. The van der Waals surface area contributed by atoms with Crippen LogP contribution in [-0.4, -0.2) is 40.1 Å². The van der Waals surface area contributed by atoms with Gasteiger partial charge in [0, 0.05) is 18.7 Å². The van der Waals surface area contributed by atoms with Crippen LogP contribution in [0.25, 0.3) is 11.5 Å². The summed E-state index contributed by atoms with van der Waals surface area (Å²) in [6.45, 7) is 5.48. The fraction of sp³-hybridized carbons (Fsp3) is 0.438. The highest BCUT2D eigenvalue weighted by atomic mass is 19.1. The van der Waals surface area contributed by atoms with Crippen molar-refractivity contribution in [1.82, 2.24) is 15.1 Å². The van der Waals surface area contributed by atoms with Crippen LogP contribution in [0.15, 0.2) is 28.7 Å². The van der Waals surface area contributed by atoms with Gasteiger partial charge in [0.25, 0.3) is 0 Å². The van der Waals surface area contributed by atoms with Crippen LogP contribution in [-0.2, 0) is 4.79 Å². The molecule has 1 N–H and O–H groups in total. The molecule has 0 bridgehead atoms. The van der Waals surface area contributed by atoms with Crippen LogP contribution in [0.2, 0.25) is 0 Å². The van der Waals surface area contributed by atoms with Gasteiger partial charge in [0.1, 0.15) is 11.9 Å². The van der Waals surface area contributed by atoms with Crippen molar-refractivity contribution in [1.29, 1.82) is 0 Å². The van der Waals surface area contributed by atoms with Gasteiger partial charge >= 0.3 is 6.01 Å². The number of hydrogen-bond donors (Lipinski definition) is 1. The number of hydrogen-bond acceptors (Lipinski definition) is 5. The zero-order valence-electron chi connectivity index (χ0n) is 13.1. The molecule has 1 aliphatic heterocycles. The number of halogens is 1. The number of carbonyl (C=O) groups excluding carboxylic acids is 1. The van der Waals surface area contributed by atoms with Crippen LogP contribution in [0.3, 0.4) is 0 Å². The number of nitrogens with one attached hydrogen (secondary N) is 1. The maximum Gasteiger partial charge on any atom is 0.316 e. The molecule has 1 saturated heterocycles. The predicted octanol–water partition coefficient (Wildman–Crippen LogP) is 2.54. The van der Waals surface area contributed by atoms with Gasteiger partial charge in [0.2, 0.25) is 11.8 Å². The minimum atomic E-state index is -0.443. The Balaban J connectivity index is 1.64. The van der Waals surface area contributed by atoms with Gasteiger partial charge in [-0.2, -0.15) is 0 Å². The van der Waals surface area contributed by atoms with Crippen molar-refractivity contribution in [3.8, 4) is 11.5 Å². The fourth-order valence-corrected chi connectivity index (χ4v) is 2.65. The van der Waals surface area contributed by atoms with Crippen molar-refractivity contribution in [2.24, 2.45) is 5.92 Å². The second-order valence-corrected chi connectivity index (χ2v) is 5.96. The molecule has 1 amide bonds. The molecule has 3 rings (SSSR count). The summed E-state index contributed by atoms with van der Waals surface area (Å²) in [6, 6.07) is 5.51. The van der Waals surface area contributed by atoms with Gasteiger partial charge in [-0.3, -0.25) is 4.79 Å². The van der Waals surface area contributed by atoms with Crippen LogP contribution in [0.1, 0.15) is 20.3 Å². The van der Waals surface area contributed by atoms with E-state index >= 15 is 0 Å². The molecule has 23 heavy (non-hydrogen) atoms. The summed E-state index contributed by atoms with van der Waals surface area (Å²) >= 11 is 0. The second kappa shape index (κ2) is 6.36. The molecule has 1 aromatic heterocycles. The molecule has 122 valence electrons. The monoisotopic (exact) mass is 318 g/mol. The lowest BCUT2D eigenvalue weighted by atomic mass is 10.2. The van der Waals surface area contributed by atoms with Gasteiger partial charge in [0.05, 0.1) is 0 Å². The highest BCUT2D eigenvalue weighted by Gasteiger charge is 2.27. The predicted molar refractivity (Wildman–Crippen MR) is 83.1 cm³/mol. The van der Waals surface area contributed by atoms with Crippen molar-refractivity contribution >= 4 is 11.9 Å². The smallest absolute Gasteiger partial charge is 0.316 e. The Morgan fingerprint density at radius 3 is 2.78 bits per heavy atom. The van der Waals surface area contributed by atoms with Crippen LogP contribution in [0.4, 0.5) is 10.4 Å². The first-order valence-electron chi connectivity index (χ1n) is 7.67. The van der Waals surface area contributed by atoms with Crippen molar-refractivity contribution in [2.75, 3.05) is 18.4 Å². The van der Waals surface area contributed by atoms with E-state index in [1.165, 1.54) is 12.1 Å². The van der Waals surface area contributed by atoms with Gasteiger partial charge < -0.3 is 14.6 Å². The largest absolute Gasteiger partial charge is 0.403 e. The standard InChI is InChI=1S/C16H19FN4O2/c1-10-7-8-21(9-10)15(22)11(2)18-16-20-19-14(23-16)12-3-5-13(17)6-4-12/h3-6,10-11H,7-9H2,1-2H3,(H,18,20)/t10?,11-/m1/s1. The number of amides is 1. The average Bonchev–Trinajstić information content (AvgIpc) is 3.16. The summed E-state index contributed by atoms with van der Waals surface area (Å²) < 4.78 is 18.4. The minimum Gasteiger partial charge on any atom is -0.403 e. The molecule has 1 aliphatic rings. The van der Waals surface area contributed by atoms with Gasteiger partial charge in [-0.25, -0.2) is 4.39 Å². The summed E-state index contributed by atoms with van der Waals surface area (Å²) in [6.07, 6.45) is 1.04. The van der Waals surface area contributed by atoms with Crippen molar-refractivity contribution < 1.29 is 13.6 Å². The third kappa shape index (κ3) is 3.49. The molecule has 2 heterocycles. The van der Waals surface area contributed by atoms with E-state index in [2.05, 4.69) is 22.4 Å². The van der Waals surface area contributed by atoms with Crippen LogP contribution in [0.5, 0.6) is 0 Å². The summed E-state index contributed by atoms with van der Waals surface area (Å²) in [5.74, 6) is 0.517. The first-order valence-corrected chi connectivity index (χ1v) is 7.67. The maximum atomic E-state index is 12.9. The number of carbonyl (C=O) groups is 1. The molecule has 7 heteroatoms. The van der Waals surface area contributed by atoms with E-state index in [0.29, 0.717) is 11.5 Å². The molecular weight excluding hydrogens is 299 g/mol. The number of likely N-dealkylation sites (tertiary alicyclic amines) is 1. The normalized spacial score (nSPS) is 18.9. The summed E-state index contributed by atoms with van der Waals surface area (Å²) in [7, 11) is 0. The topological polar surface area (TPSA) is 71.3 Å². The molecule has 0 aliphatic carbocycles. The minimum absolute atomic E-state index is 0.0240. The highest BCUT2D eigenvalue weighted by molar-refractivity contribution is 5.84. The number of rotatable bonds is 4. The quantitative estimate of drug-likeness (QED) is 0.938. The van der Waals surface area contributed by atoms with Gasteiger partial charge in [0.15, 0.2) is 0 Å². The summed E-state index contributed by atoms with van der Waals surface area (Å²) in [4.78, 5) is 14.2. The third-order valence-electron chi connectivity index (χ3n) is 3.96. The Morgan fingerprint density at radius 2 is 2.13 bits per heavy atom. The lowest BCUT2D eigenvalue weighted by molar-refractivity contribution is -0.130. The zero-order chi connectivity index (χ0) is 16.4.